The van der Waals surface area contributed by atoms with Crippen LogP contribution in [0.2, 0.25) is 0 Å². The third-order valence-electron chi connectivity index (χ3n) is 3.58. The lowest BCUT2D eigenvalue weighted by atomic mass is 10.1. The van der Waals surface area contributed by atoms with Gasteiger partial charge in [-0.15, -0.1) is 0 Å². The number of ether oxygens (including phenoxy) is 1. The van der Waals surface area contributed by atoms with Gasteiger partial charge in [0.15, 0.2) is 0 Å². The zero-order valence-electron chi connectivity index (χ0n) is 12.7. The Bertz CT molecular complexity index is 573. The highest BCUT2D eigenvalue weighted by Gasteiger charge is 2.32. The van der Waals surface area contributed by atoms with Crippen LogP contribution in [0.5, 0.6) is 5.75 Å². The van der Waals surface area contributed by atoms with E-state index in [0.717, 1.165) is 17.3 Å². The van der Waals surface area contributed by atoms with Crippen molar-refractivity contribution < 1.29 is 19.4 Å². The largest absolute Gasteiger partial charge is 0.490 e. The van der Waals surface area contributed by atoms with Gasteiger partial charge in [0.2, 0.25) is 0 Å². The van der Waals surface area contributed by atoms with Crippen LogP contribution in [0.15, 0.2) is 22.7 Å². The number of nitrogens with zero attached hydrogens (tertiary/aromatic N) is 1. The fourth-order valence-electron chi connectivity index (χ4n) is 2.70. The lowest BCUT2D eigenvalue weighted by molar-refractivity contribution is -0.137. The van der Waals surface area contributed by atoms with Crippen LogP contribution in [0.25, 0.3) is 0 Å². The molecule has 1 fully saturated rings. The monoisotopic (exact) mass is 369 g/mol. The zero-order chi connectivity index (χ0) is 16.3. The van der Waals surface area contributed by atoms with Gasteiger partial charge in [0.1, 0.15) is 5.75 Å². The van der Waals surface area contributed by atoms with Gasteiger partial charge in [-0.25, -0.2) is 0 Å². The van der Waals surface area contributed by atoms with Gasteiger partial charge in [0, 0.05) is 17.1 Å². The molecule has 0 aliphatic carbocycles. The number of hydrogen-bond acceptors (Lipinski definition) is 3. The van der Waals surface area contributed by atoms with E-state index in [0.29, 0.717) is 17.9 Å². The van der Waals surface area contributed by atoms with E-state index in [4.69, 9.17) is 9.84 Å². The van der Waals surface area contributed by atoms with Gasteiger partial charge in [-0.05, 0) is 44.9 Å². The number of likely N-dealkylation sites (tertiary alicyclic amines) is 1. The third-order valence-corrected chi connectivity index (χ3v) is 4.08. The van der Waals surface area contributed by atoms with E-state index in [2.05, 4.69) is 15.9 Å². The van der Waals surface area contributed by atoms with E-state index < -0.39 is 5.97 Å². The number of rotatable bonds is 5. The molecule has 5 nitrogen and oxygen atoms in total. The van der Waals surface area contributed by atoms with Crippen molar-refractivity contribution in [1.82, 2.24) is 4.90 Å². The molecule has 2 rings (SSSR count). The van der Waals surface area contributed by atoms with Gasteiger partial charge in [0.05, 0.1) is 18.1 Å². The molecule has 120 valence electrons. The summed E-state index contributed by atoms with van der Waals surface area (Å²) in [6.45, 7) is 4.39. The molecular formula is C16H20BrNO4. The Morgan fingerprint density at radius 1 is 1.45 bits per heavy atom. The summed E-state index contributed by atoms with van der Waals surface area (Å²) in [5.74, 6) is -0.513. The van der Waals surface area contributed by atoms with Gasteiger partial charge in [-0.1, -0.05) is 15.9 Å². The van der Waals surface area contributed by atoms with Crippen LogP contribution in [-0.2, 0) is 4.79 Å². The average Bonchev–Trinajstić information content (AvgIpc) is 2.84. The maximum Gasteiger partial charge on any atom is 0.305 e. The molecule has 1 N–H and O–H groups in total. The van der Waals surface area contributed by atoms with E-state index in [-0.39, 0.29) is 24.5 Å². The second kappa shape index (κ2) is 7.13. The number of carboxylic acid groups (broad SMARTS) is 1. The van der Waals surface area contributed by atoms with Crippen LogP contribution in [0.1, 0.15) is 43.5 Å². The Morgan fingerprint density at radius 2 is 2.18 bits per heavy atom. The minimum Gasteiger partial charge on any atom is -0.490 e. The molecule has 1 unspecified atom stereocenters. The molecule has 1 aliphatic heterocycles. The van der Waals surface area contributed by atoms with E-state index in [1.54, 1.807) is 23.1 Å². The van der Waals surface area contributed by atoms with Crippen molar-refractivity contribution in [1.29, 1.82) is 0 Å². The van der Waals surface area contributed by atoms with E-state index >= 15 is 0 Å². The lowest BCUT2D eigenvalue weighted by Gasteiger charge is -2.25. The first kappa shape index (κ1) is 16.8. The molecule has 1 amide bonds. The van der Waals surface area contributed by atoms with Crippen LogP contribution in [-0.4, -0.2) is 40.6 Å². The van der Waals surface area contributed by atoms with Gasteiger partial charge in [-0.3, -0.25) is 9.59 Å². The van der Waals surface area contributed by atoms with Crippen molar-refractivity contribution in [3.05, 3.63) is 28.2 Å². The predicted molar refractivity (Wildman–Crippen MR) is 86.2 cm³/mol. The Balaban J connectivity index is 2.26. The summed E-state index contributed by atoms with van der Waals surface area (Å²) >= 11 is 3.38. The summed E-state index contributed by atoms with van der Waals surface area (Å²) < 4.78 is 6.57. The zero-order valence-corrected chi connectivity index (χ0v) is 14.3. The molecule has 1 saturated heterocycles. The molecule has 6 heteroatoms. The molecule has 22 heavy (non-hydrogen) atoms. The van der Waals surface area contributed by atoms with Crippen LogP contribution >= 0.6 is 15.9 Å². The molecule has 1 atom stereocenters. The van der Waals surface area contributed by atoms with Crippen molar-refractivity contribution in [2.45, 2.75) is 45.3 Å². The minimum atomic E-state index is -0.876. The standard InChI is InChI=1S/C16H20BrNO4/c1-10(2)22-14-8-11(17)5-6-13(14)16(21)18-7-3-4-12(18)9-15(19)20/h5-6,8,10,12H,3-4,7,9H2,1-2H3,(H,19,20). The maximum absolute atomic E-state index is 12.8. The Labute approximate surface area is 138 Å². The number of hydrogen-bond donors (Lipinski definition) is 1. The third kappa shape index (κ3) is 4.00. The smallest absolute Gasteiger partial charge is 0.305 e. The SMILES string of the molecule is CC(C)Oc1cc(Br)ccc1C(=O)N1CCCC1CC(=O)O. The van der Waals surface area contributed by atoms with Gasteiger partial charge in [-0.2, -0.15) is 0 Å². The number of aliphatic carboxylic acids is 1. The van der Waals surface area contributed by atoms with Gasteiger partial charge in [0.25, 0.3) is 5.91 Å². The van der Waals surface area contributed by atoms with Crippen LogP contribution in [0.4, 0.5) is 0 Å². The molecule has 0 saturated carbocycles. The first-order chi connectivity index (χ1) is 10.4. The molecule has 0 spiro atoms. The van der Waals surface area contributed by atoms with Crippen molar-refractivity contribution >= 4 is 27.8 Å². The minimum absolute atomic E-state index is 0.0113. The van der Waals surface area contributed by atoms with E-state index in [1.807, 2.05) is 13.8 Å². The molecule has 0 aromatic heterocycles. The van der Waals surface area contributed by atoms with Crippen LogP contribution in [0.3, 0.4) is 0 Å². The summed E-state index contributed by atoms with van der Waals surface area (Å²) in [6.07, 6.45) is 1.51. The van der Waals surface area contributed by atoms with E-state index in [9.17, 15) is 9.59 Å². The average molecular weight is 370 g/mol. The van der Waals surface area contributed by atoms with Crippen molar-refractivity contribution in [2.75, 3.05) is 6.54 Å². The normalized spacial score (nSPS) is 17.8. The maximum atomic E-state index is 12.8. The second-order valence-electron chi connectivity index (χ2n) is 5.70. The first-order valence-corrected chi connectivity index (χ1v) is 8.16. The molecule has 0 bridgehead atoms. The Hall–Kier alpha value is -1.56. The number of carbonyl (C=O) groups is 2. The number of carbonyl (C=O) groups excluding carboxylic acids is 1. The summed E-state index contributed by atoms with van der Waals surface area (Å²) in [4.78, 5) is 25.4. The summed E-state index contributed by atoms with van der Waals surface area (Å²) in [5, 5.41) is 8.99. The molecule has 1 aromatic rings. The highest BCUT2D eigenvalue weighted by atomic mass is 79.9. The molecular weight excluding hydrogens is 350 g/mol. The van der Waals surface area contributed by atoms with Crippen molar-refractivity contribution in [3.8, 4) is 5.75 Å². The van der Waals surface area contributed by atoms with Crippen molar-refractivity contribution in [3.63, 3.8) is 0 Å². The van der Waals surface area contributed by atoms with Gasteiger partial charge < -0.3 is 14.7 Å². The summed E-state index contributed by atoms with van der Waals surface area (Å²) in [5.41, 5.74) is 0.481. The predicted octanol–water partition coefficient (Wildman–Crippen LogP) is 3.32. The quantitative estimate of drug-likeness (QED) is 0.864. The van der Waals surface area contributed by atoms with Gasteiger partial charge >= 0.3 is 5.97 Å². The number of carboxylic acids is 1. The van der Waals surface area contributed by atoms with Crippen LogP contribution in [0, 0.1) is 0 Å². The van der Waals surface area contributed by atoms with Crippen molar-refractivity contribution in [2.24, 2.45) is 0 Å². The number of amides is 1. The number of benzene rings is 1. The fourth-order valence-corrected chi connectivity index (χ4v) is 3.04. The molecule has 1 aliphatic rings. The van der Waals surface area contributed by atoms with Crippen LogP contribution < -0.4 is 4.74 Å². The highest BCUT2D eigenvalue weighted by molar-refractivity contribution is 9.10. The molecule has 0 radical (unpaired) electrons. The fraction of sp³-hybridized carbons (Fsp3) is 0.500. The Kier molecular flexibility index (Phi) is 5.45. The second-order valence-corrected chi connectivity index (χ2v) is 6.62. The molecule has 1 aromatic carbocycles. The first-order valence-electron chi connectivity index (χ1n) is 7.37. The summed E-state index contributed by atoms with van der Waals surface area (Å²) in [6, 6.07) is 5.05. The van der Waals surface area contributed by atoms with E-state index in [1.165, 1.54) is 0 Å². The number of halogens is 1. The topological polar surface area (TPSA) is 66.8 Å². The molecule has 1 heterocycles. The highest BCUT2D eigenvalue weighted by Crippen LogP contribution is 2.29. The lowest BCUT2D eigenvalue weighted by Crippen LogP contribution is -2.37. The Morgan fingerprint density at radius 3 is 2.82 bits per heavy atom. The summed E-state index contributed by atoms with van der Waals surface area (Å²) in [7, 11) is 0.